The van der Waals surface area contributed by atoms with Crippen molar-refractivity contribution in [1.29, 1.82) is 0 Å². The van der Waals surface area contributed by atoms with E-state index in [1.54, 1.807) is 0 Å². The van der Waals surface area contributed by atoms with E-state index >= 15 is 0 Å². The predicted molar refractivity (Wildman–Crippen MR) is 73.1 cm³/mol. The molecule has 0 aliphatic heterocycles. The van der Waals surface area contributed by atoms with Gasteiger partial charge in [0, 0.05) is 11.8 Å². The average molecular weight is 252 g/mol. The second-order valence-corrected chi connectivity index (χ2v) is 4.09. The number of amidine groups is 1. The molecule has 2 aromatic heterocycles. The van der Waals surface area contributed by atoms with Gasteiger partial charge in [-0.15, -0.1) is 0 Å². The standard InChI is InChI=1S/C14H12N4O/c15-13(17-19)12-11-8-4-5-9-18(11)14(16-12)10-6-2-1-3-7-10/h1-9,19H,(H2,15,17). The lowest BCUT2D eigenvalue weighted by molar-refractivity contribution is 0.318. The minimum Gasteiger partial charge on any atom is -0.409 e. The molecule has 0 saturated heterocycles. The van der Waals surface area contributed by atoms with Crippen LogP contribution in [0.1, 0.15) is 5.69 Å². The molecule has 0 amide bonds. The molecule has 0 bridgehead atoms. The zero-order chi connectivity index (χ0) is 13.2. The number of nitrogens with zero attached hydrogens (tertiary/aromatic N) is 3. The summed E-state index contributed by atoms with van der Waals surface area (Å²) in [4.78, 5) is 4.48. The quantitative estimate of drug-likeness (QED) is 0.317. The Morgan fingerprint density at radius 3 is 2.58 bits per heavy atom. The third-order valence-corrected chi connectivity index (χ3v) is 2.93. The molecule has 0 radical (unpaired) electrons. The highest BCUT2D eigenvalue weighted by molar-refractivity contribution is 6.02. The van der Waals surface area contributed by atoms with Crippen LogP contribution in [0.5, 0.6) is 0 Å². The first-order valence-electron chi connectivity index (χ1n) is 5.81. The van der Waals surface area contributed by atoms with Gasteiger partial charge in [-0.3, -0.25) is 4.40 Å². The molecule has 3 rings (SSSR count). The second-order valence-electron chi connectivity index (χ2n) is 4.09. The smallest absolute Gasteiger partial charge is 0.191 e. The van der Waals surface area contributed by atoms with Gasteiger partial charge in [0.15, 0.2) is 5.84 Å². The predicted octanol–water partition coefficient (Wildman–Crippen LogP) is 2.10. The van der Waals surface area contributed by atoms with Crippen molar-refractivity contribution in [2.24, 2.45) is 10.9 Å². The van der Waals surface area contributed by atoms with Gasteiger partial charge < -0.3 is 10.9 Å². The first kappa shape index (κ1) is 11.3. The summed E-state index contributed by atoms with van der Waals surface area (Å²) >= 11 is 0. The highest BCUT2D eigenvalue weighted by atomic mass is 16.4. The maximum absolute atomic E-state index is 8.84. The topological polar surface area (TPSA) is 75.9 Å². The lowest BCUT2D eigenvalue weighted by Crippen LogP contribution is -2.13. The molecule has 3 aromatic rings. The van der Waals surface area contributed by atoms with E-state index in [1.807, 2.05) is 59.1 Å². The molecular weight excluding hydrogens is 240 g/mol. The maximum atomic E-state index is 8.84. The van der Waals surface area contributed by atoms with E-state index in [-0.39, 0.29) is 5.84 Å². The molecule has 0 aliphatic rings. The number of oxime groups is 1. The van der Waals surface area contributed by atoms with Crippen LogP contribution in [0.25, 0.3) is 16.9 Å². The highest BCUT2D eigenvalue weighted by Gasteiger charge is 2.14. The van der Waals surface area contributed by atoms with Crippen molar-refractivity contribution in [3.63, 3.8) is 0 Å². The van der Waals surface area contributed by atoms with Crippen LogP contribution in [0.2, 0.25) is 0 Å². The number of aromatic nitrogens is 2. The average Bonchev–Trinajstić information content (AvgIpc) is 2.87. The molecule has 1 aromatic carbocycles. The number of nitrogens with two attached hydrogens (primary N) is 1. The molecular formula is C14H12N4O. The third-order valence-electron chi connectivity index (χ3n) is 2.93. The van der Waals surface area contributed by atoms with Gasteiger partial charge in [0.05, 0.1) is 5.52 Å². The van der Waals surface area contributed by atoms with Crippen LogP contribution < -0.4 is 5.73 Å². The Bertz CT molecular complexity index is 746. The van der Waals surface area contributed by atoms with Crippen LogP contribution in [-0.4, -0.2) is 20.4 Å². The summed E-state index contributed by atoms with van der Waals surface area (Å²) < 4.78 is 1.92. The second kappa shape index (κ2) is 4.45. The Balaban J connectivity index is 2.32. The van der Waals surface area contributed by atoms with Crippen LogP contribution in [0.15, 0.2) is 59.9 Å². The summed E-state index contributed by atoms with van der Waals surface area (Å²) in [5.41, 5.74) is 7.93. The van der Waals surface area contributed by atoms with Gasteiger partial charge in [-0.1, -0.05) is 41.6 Å². The first-order chi connectivity index (χ1) is 9.31. The number of fused-ring (bicyclic) bond motifs is 1. The van der Waals surface area contributed by atoms with Crippen molar-refractivity contribution in [2.75, 3.05) is 0 Å². The van der Waals surface area contributed by atoms with Crippen molar-refractivity contribution in [3.05, 3.63) is 60.4 Å². The van der Waals surface area contributed by atoms with E-state index < -0.39 is 0 Å². The number of hydrogen-bond acceptors (Lipinski definition) is 3. The monoisotopic (exact) mass is 252 g/mol. The first-order valence-corrected chi connectivity index (χ1v) is 5.81. The lowest BCUT2D eigenvalue weighted by atomic mass is 10.2. The van der Waals surface area contributed by atoms with E-state index in [4.69, 9.17) is 10.9 Å². The lowest BCUT2D eigenvalue weighted by Gasteiger charge is -1.99. The fourth-order valence-electron chi connectivity index (χ4n) is 2.06. The number of hydrogen-bond donors (Lipinski definition) is 2. The Morgan fingerprint density at radius 1 is 1.11 bits per heavy atom. The molecule has 2 heterocycles. The Hall–Kier alpha value is -2.82. The summed E-state index contributed by atoms with van der Waals surface area (Å²) in [5.74, 6) is 0.767. The Labute approximate surface area is 109 Å². The molecule has 0 fully saturated rings. The van der Waals surface area contributed by atoms with Crippen LogP contribution >= 0.6 is 0 Å². The molecule has 0 spiro atoms. The normalized spacial score (nSPS) is 11.9. The zero-order valence-corrected chi connectivity index (χ0v) is 10.1. The third kappa shape index (κ3) is 1.81. The van der Waals surface area contributed by atoms with Crippen molar-refractivity contribution in [1.82, 2.24) is 9.38 Å². The van der Waals surface area contributed by atoms with Gasteiger partial charge in [0.25, 0.3) is 0 Å². The molecule has 19 heavy (non-hydrogen) atoms. The summed E-state index contributed by atoms with van der Waals surface area (Å²) in [7, 11) is 0. The molecule has 0 atom stereocenters. The summed E-state index contributed by atoms with van der Waals surface area (Å²) in [6.07, 6.45) is 1.90. The van der Waals surface area contributed by atoms with Gasteiger partial charge in [0.1, 0.15) is 11.5 Å². The molecule has 5 nitrogen and oxygen atoms in total. The minimum atomic E-state index is 0.00545. The van der Waals surface area contributed by atoms with Gasteiger partial charge in [-0.2, -0.15) is 0 Å². The zero-order valence-electron chi connectivity index (χ0n) is 10.1. The van der Waals surface area contributed by atoms with Gasteiger partial charge in [-0.25, -0.2) is 4.98 Å². The van der Waals surface area contributed by atoms with E-state index in [0.29, 0.717) is 5.69 Å². The van der Waals surface area contributed by atoms with Crippen molar-refractivity contribution in [3.8, 4) is 11.4 Å². The van der Waals surface area contributed by atoms with Crippen molar-refractivity contribution in [2.45, 2.75) is 0 Å². The largest absolute Gasteiger partial charge is 0.409 e. The van der Waals surface area contributed by atoms with E-state index in [9.17, 15) is 0 Å². The van der Waals surface area contributed by atoms with Gasteiger partial charge in [-0.05, 0) is 12.1 Å². The molecule has 94 valence electrons. The van der Waals surface area contributed by atoms with Crippen molar-refractivity contribution < 1.29 is 5.21 Å². The molecule has 3 N–H and O–H groups in total. The van der Waals surface area contributed by atoms with Gasteiger partial charge in [0.2, 0.25) is 0 Å². The Kier molecular flexibility index (Phi) is 2.64. The van der Waals surface area contributed by atoms with Crippen LogP contribution in [0, 0.1) is 0 Å². The molecule has 0 aliphatic carbocycles. The molecule has 0 saturated carbocycles. The fourth-order valence-corrected chi connectivity index (χ4v) is 2.06. The number of pyridine rings is 1. The molecule has 5 heteroatoms. The van der Waals surface area contributed by atoms with E-state index in [0.717, 1.165) is 16.9 Å². The fraction of sp³-hybridized carbons (Fsp3) is 0. The van der Waals surface area contributed by atoms with Crippen molar-refractivity contribution >= 4 is 11.4 Å². The number of rotatable bonds is 2. The summed E-state index contributed by atoms with van der Waals surface area (Å²) in [5, 5.41) is 11.9. The molecule has 0 unspecified atom stereocenters. The van der Waals surface area contributed by atoms with E-state index in [1.165, 1.54) is 0 Å². The summed E-state index contributed by atoms with van der Waals surface area (Å²) in [6, 6.07) is 15.5. The highest BCUT2D eigenvalue weighted by Crippen LogP contribution is 2.22. The number of imidazole rings is 1. The van der Waals surface area contributed by atoms with Crippen LogP contribution in [0.4, 0.5) is 0 Å². The van der Waals surface area contributed by atoms with Crippen LogP contribution in [-0.2, 0) is 0 Å². The van der Waals surface area contributed by atoms with Crippen LogP contribution in [0.3, 0.4) is 0 Å². The SMILES string of the molecule is N/C(=N\O)c1nc(-c2ccccc2)n2ccccc12. The maximum Gasteiger partial charge on any atom is 0.191 e. The summed E-state index contributed by atoms with van der Waals surface area (Å²) in [6.45, 7) is 0. The van der Waals surface area contributed by atoms with E-state index in [2.05, 4.69) is 10.1 Å². The number of benzene rings is 1. The van der Waals surface area contributed by atoms with Gasteiger partial charge >= 0.3 is 0 Å². The minimum absolute atomic E-state index is 0.00545. The Morgan fingerprint density at radius 2 is 1.84 bits per heavy atom.